The van der Waals surface area contributed by atoms with Crippen molar-refractivity contribution in [2.24, 2.45) is 5.41 Å². The number of para-hydroxylation sites is 1. The van der Waals surface area contributed by atoms with Gasteiger partial charge in [-0.1, -0.05) is 39.0 Å². The molecule has 3 nitrogen and oxygen atoms in total. The van der Waals surface area contributed by atoms with Crippen LogP contribution in [0.5, 0.6) is 0 Å². The summed E-state index contributed by atoms with van der Waals surface area (Å²) in [5, 5.41) is 5.12. The van der Waals surface area contributed by atoms with Crippen LogP contribution in [0.1, 0.15) is 25.6 Å². The topological polar surface area (TPSA) is 34.9 Å². The van der Waals surface area contributed by atoms with Crippen molar-refractivity contribution in [2.75, 3.05) is 0 Å². The van der Waals surface area contributed by atoms with Gasteiger partial charge in [-0.15, -0.1) is 0 Å². The Kier molecular flexibility index (Phi) is 2.11. The van der Waals surface area contributed by atoms with E-state index in [1.54, 1.807) is 6.20 Å². The van der Waals surface area contributed by atoms with Crippen LogP contribution in [0.4, 0.5) is 0 Å². The van der Waals surface area contributed by atoms with Gasteiger partial charge in [0, 0.05) is 10.8 Å². The maximum atomic E-state index is 12.0. The van der Waals surface area contributed by atoms with E-state index in [1.807, 2.05) is 45.0 Å². The van der Waals surface area contributed by atoms with E-state index in [4.69, 9.17) is 0 Å². The molecule has 0 unspecified atom stereocenters. The van der Waals surface area contributed by atoms with Gasteiger partial charge in [-0.25, -0.2) is 0 Å². The number of nitrogens with zero attached hydrogens (tertiary/aromatic N) is 2. The molecule has 0 saturated carbocycles. The quantitative estimate of drug-likeness (QED) is 0.658. The lowest BCUT2D eigenvalue weighted by atomic mass is 9.96. The molecular weight excluding hydrogens is 188 g/mol. The van der Waals surface area contributed by atoms with Crippen LogP contribution in [0, 0.1) is 5.41 Å². The van der Waals surface area contributed by atoms with E-state index in [2.05, 4.69) is 5.10 Å². The Labute approximate surface area is 88.7 Å². The van der Waals surface area contributed by atoms with E-state index >= 15 is 0 Å². The molecular formula is C12H14N2O. The van der Waals surface area contributed by atoms with Crippen LogP contribution in [-0.4, -0.2) is 15.7 Å². The van der Waals surface area contributed by atoms with Gasteiger partial charge in [-0.3, -0.25) is 4.79 Å². The summed E-state index contributed by atoms with van der Waals surface area (Å²) in [7, 11) is 0. The molecule has 78 valence electrons. The average Bonchev–Trinajstić information content (AvgIpc) is 2.58. The van der Waals surface area contributed by atoms with Gasteiger partial charge >= 0.3 is 0 Å². The van der Waals surface area contributed by atoms with E-state index in [0.717, 1.165) is 10.9 Å². The lowest BCUT2D eigenvalue weighted by Crippen LogP contribution is -2.27. The molecule has 0 aliphatic carbocycles. The van der Waals surface area contributed by atoms with Crippen molar-refractivity contribution in [3.8, 4) is 0 Å². The highest BCUT2D eigenvalue weighted by atomic mass is 16.2. The highest BCUT2D eigenvalue weighted by Gasteiger charge is 2.24. The fraction of sp³-hybridized carbons (Fsp3) is 0.333. The maximum absolute atomic E-state index is 12.0. The van der Waals surface area contributed by atoms with E-state index in [9.17, 15) is 4.79 Å². The van der Waals surface area contributed by atoms with Crippen LogP contribution < -0.4 is 0 Å². The van der Waals surface area contributed by atoms with Gasteiger partial charge in [0.2, 0.25) is 0 Å². The summed E-state index contributed by atoms with van der Waals surface area (Å²) in [5.41, 5.74) is 0.465. The zero-order chi connectivity index (χ0) is 11.1. The van der Waals surface area contributed by atoms with Crippen molar-refractivity contribution < 1.29 is 4.79 Å². The second kappa shape index (κ2) is 3.19. The Morgan fingerprint density at radius 2 is 1.93 bits per heavy atom. The number of hydrogen-bond acceptors (Lipinski definition) is 2. The Balaban J connectivity index is 2.58. The first-order valence-corrected chi connectivity index (χ1v) is 4.98. The SMILES string of the molecule is CC(C)(C)C(=O)n1ncc2ccccc21. The molecule has 0 amide bonds. The van der Waals surface area contributed by atoms with Gasteiger partial charge in [0.25, 0.3) is 5.91 Å². The van der Waals surface area contributed by atoms with Crippen LogP contribution in [0.15, 0.2) is 30.5 Å². The monoisotopic (exact) mass is 202 g/mol. The molecule has 3 heteroatoms. The number of aromatic nitrogens is 2. The number of hydrogen-bond donors (Lipinski definition) is 0. The molecule has 2 rings (SSSR count). The molecule has 1 aromatic carbocycles. The first-order chi connectivity index (χ1) is 7.00. The predicted octanol–water partition coefficient (Wildman–Crippen LogP) is 2.72. The third-order valence-corrected chi connectivity index (χ3v) is 2.31. The molecule has 0 aliphatic rings. The predicted molar refractivity (Wildman–Crippen MR) is 59.8 cm³/mol. The van der Waals surface area contributed by atoms with Crippen LogP contribution in [0.25, 0.3) is 10.9 Å². The molecule has 0 fully saturated rings. The van der Waals surface area contributed by atoms with Crippen molar-refractivity contribution in [2.45, 2.75) is 20.8 Å². The summed E-state index contributed by atoms with van der Waals surface area (Å²) in [4.78, 5) is 12.0. The molecule has 0 bridgehead atoms. The van der Waals surface area contributed by atoms with Gasteiger partial charge in [0.15, 0.2) is 0 Å². The number of rotatable bonds is 0. The molecule has 1 aromatic heterocycles. The molecule has 0 radical (unpaired) electrons. The second-order valence-corrected chi connectivity index (χ2v) is 4.67. The first kappa shape index (κ1) is 9.90. The summed E-state index contributed by atoms with van der Waals surface area (Å²) in [5.74, 6) is 0.0173. The van der Waals surface area contributed by atoms with Crippen molar-refractivity contribution in [1.82, 2.24) is 9.78 Å². The molecule has 0 N–H and O–H groups in total. The summed E-state index contributed by atoms with van der Waals surface area (Å²) in [6, 6.07) is 7.72. The van der Waals surface area contributed by atoms with Gasteiger partial charge in [0.1, 0.15) is 0 Å². The van der Waals surface area contributed by atoms with Crippen LogP contribution >= 0.6 is 0 Å². The fourth-order valence-corrected chi connectivity index (χ4v) is 1.45. The highest BCUT2D eigenvalue weighted by Crippen LogP contribution is 2.20. The lowest BCUT2D eigenvalue weighted by molar-refractivity contribution is 0.0755. The Hall–Kier alpha value is -1.64. The summed E-state index contributed by atoms with van der Waals surface area (Å²) >= 11 is 0. The Morgan fingerprint density at radius 1 is 1.27 bits per heavy atom. The molecule has 0 aliphatic heterocycles. The number of carbonyl (C=O) groups excluding carboxylic acids is 1. The molecule has 0 saturated heterocycles. The van der Waals surface area contributed by atoms with E-state index in [0.29, 0.717) is 0 Å². The number of carbonyl (C=O) groups is 1. The Morgan fingerprint density at radius 3 is 2.60 bits per heavy atom. The second-order valence-electron chi connectivity index (χ2n) is 4.67. The van der Waals surface area contributed by atoms with E-state index < -0.39 is 5.41 Å². The molecule has 15 heavy (non-hydrogen) atoms. The summed E-state index contributed by atoms with van der Waals surface area (Å²) < 4.78 is 1.48. The van der Waals surface area contributed by atoms with E-state index in [-0.39, 0.29) is 5.91 Å². The summed E-state index contributed by atoms with van der Waals surface area (Å²) in [6.45, 7) is 5.68. The fourth-order valence-electron chi connectivity index (χ4n) is 1.45. The molecule has 0 spiro atoms. The number of fused-ring (bicyclic) bond motifs is 1. The minimum absolute atomic E-state index is 0.0173. The third kappa shape index (κ3) is 1.65. The molecule has 0 atom stereocenters. The van der Waals surface area contributed by atoms with E-state index in [1.165, 1.54) is 4.68 Å². The zero-order valence-electron chi connectivity index (χ0n) is 9.19. The van der Waals surface area contributed by atoms with Gasteiger partial charge in [-0.05, 0) is 6.07 Å². The number of benzene rings is 1. The maximum Gasteiger partial charge on any atom is 0.252 e. The smallest absolute Gasteiger partial charge is 0.252 e. The largest absolute Gasteiger partial charge is 0.272 e. The standard InChI is InChI=1S/C12H14N2O/c1-12(2,3)11(15)14-10-7-5-4-6-9(10)8-13-14/h4-8H,1-3H3. The minimum atomic E-state index is -0.408. The lowest BCUT2D eigenvalue weighted by Gasteiger charge is -2.16. The van der Waals surface area contributed by atoms with Crippen molar-refractivity contribution in [3.63, 3.8) is 0 Å². The van der Waals surface area contributed by atoms with Gasteiger partial charge in [-0.2, -0.15) is 9.78 Å². The minimum Gasteiger partial charge on any atom is -0.272 e. The third-order valence-electron chi connectivity index (χ3n) is 2.31. The van der Waals surface area contributed by atoms with Crippen LogP contribution in [-0.2, 0) is 0 Å². The zero-order valence-corrected chi connectivity index (χ0v) is 9.19. The Bertz CT molecular complexity index is 506. The summed E-state index contributed by atoms with van der Waals surface area (Å²) in [6.07, 6.45) is 1.72. The highest BCUT2D eigenvalue weighted by molar-refractivity contribution is 5.93. The van der Waals surface area contributed by atoms with Crippen LogP contribution in [0.3, 0.4) is 0 Å². The van der Waals surface area contributed by atoms with Crippen molar-refractivity contribution >= 4 is 16.8 Å². The van der Waals surface area contributed by atoms with Crippen LogP contribution in [0.2, 0.25) is 0 Å². The van der Waals surface area contributed by atoms with Gasteiger partial charge < -0.3 is 0 Å². The average molecular weight is 202 g/mol. The van der Waals surface area contributed by atoms with Crippen molar-refractivity contribution in [3.05, 3.63) is 30.5 Å². The van der Waals surface area contributed by atoms with Crippen molar-refractivity contribution in [1.29, 1.82) is 0 Å². The normalized spacial score (nSPS) is 11.9. The molecule has 2 aromatic rings. The molecule has 1 heterocycles. The first-order valence-electron chi connectivity index (χ1n) is 4.98. The van der Waals surface area contributed by atoms with Gasteiger partial charge in [0.05, 0.1) is 11.7 Å².